The number of pyridine rings is 1. The summed E-state index contributed by atoms with van der Waals surface area (Å²) in [6.45, 7) is 6.40. The average molecular weight is 236 g/mol. The van der Waals surface area contributed by atoms with Gasteiger partial charge in [-0.3, -0.25) is 0 Å². The molecule has 0 bridgehead atoms. The zero-order valence-electron chi connectivity index (χ0n) is 10.5. The van der Waals surface area contributed by atoms with Gasteiger partial charge in [0.15, 0.2) is 0 Å². The largest absolute Gasteiger partial charge is 0.389 e. The highest BCUT2D eigenvalue weighted by atomic mass is 16.5. The predicted octanol–water partition coefficient (Wildman–Crippen LogP) is 1.75. The second-order valence-corrected chi connectivity index (χ2v) is 4.47. The van der Waals surface area contributed by atoms with E-state index >= 15 is 0 Å². The summed E-state index contributed by atoms with van der Waals surface area (Å²) in [5.41, 5.74) is 0.912. The first kappa shape index (κ1) is 12.3. The Morgan fingerprint density at radius 2 is 2.47 bits per heavy atom. The zero-order chi connectivity index (χ0) is 12.3. The molecule has 1 aromatic heterocycles. The smallest absolute Gasteiger partial charge is 0.129 e. The summed E-state index contributed by atoms with van der Waals surface area (Å²) in [6, 6.07) is 3.81. The van der Waals surface area contributed by atoms with Crippen LogP contribution in [0.15, 0.2) is 18.3 Å². The van der Waals surface area contributed by atoms with E-state index in [-0.39, 0.29) is 0 Å². The topological polar surface area (TPSA) is 45.6 Å². The van der Waals surface area contributed by atoms with Gasteiger partial charge in [-0.2, -0.15) is 0 Å². The molecule has 0 amide bonds. The van der Waals surface area contributed by atoms with Crippen molar-refractivity contribution >= 4 is 5.82 Å². The monoisotopic (exact) mass is 236 g/mol. The van der Waals surface area contributed by atoms with Crippen LogP contribution in [0.25, 0.3) is 0 Å². The maximum absolute atomic E-state index is 9.57. The molecule has 1 fully saturated rings. The van der Waals surface area contributed by atoms with Crippen molar-refractivity contribution in [3.05, 3.63) is 23.9 Å². The maximum atomic E-state index is 9.57. The van der Waals surface area contributed by atoms with E-state index in [4.69, 9.17) is 4.74 Å². The quantitative estimate of drug-likeness (QED) is 0.868. The summed E-state index contributed by atoms with van der Waals surface area (Å²) in [7, 11) is 0. The van der Waals surface area contributed by atoms with E-state index in [0.717, 1.165) is 37.5 Å². The van der Waals surface area contributed by atoms with Crippen LogP contribution in [0.2, 0.25) is 0 Å². The van der Waals surface area contributed by atoms with E-state index in [1.807, 2.05) is 12.1 Å². The molecule has 1 aliphatic heterocycles. The fourth-order valence-corrected chi connectivity index (χ4v) is 2.04. The molecule has 1 aliphatic rings. The Hall–Kier alpha value is -1.13. The number of morpholine rings is 1. The highest BCUT2D eigenvalue weighted by Crippen LogP contribution is 2.20. The van der Waals surface area contributed by atoms with Crippen molar-refractivity contribution < 1.29 is 9.84 Å². The third-order valence-corrected chi connectivity index (χ3v) is 3.17. The molecule has 2 rings (SSSR count). The molecule has 0 saturated carbocycles. The highest BCUT2D eigenvalue weighted by molar-refractivity contribution is 5.42. The van der Waals surface area contributed by atoms with Crippen molar-refractivity contribution in [2.24, 2.45) is 0 Å². The van der Waals surface area contributed by atoms with Crippen LogP contribution in [-0.4, -0.2) is 35.9 Å². The first-order valence-electron chi connectivity index (χ1n) is 6.21. The molecule has 0 radical (unpaired) electrons. The maximum Gasteiger partial charge on any atom is 0.129 e. The normalized spacial score (nSPS) is 22.5. The number of rotatable bonds is 3. The van der Waals surface area contributed by atoms with Gasteiger partial charge >= 0.3 is 0 Å². The lowest BCUT2D eigenvalue weighted by atomic mass is 10.1. The van der Waals surface area contributed by atoms with Crippen LogP contribution < -0.4 is 4.90 Å². The molecule has 0 aromatic carbocycles. The fraction of sp³-hybridized carbons (Fsp3) is 0.615. The molecule has 94 valence electrons. The molecule has 2 atom stereocenters. The Kier molecular flexibility index (Phi) is 3.97. The molecular formula is C13H20N2O2. The summed E-state index contributed by atoms with van der Waals surface area (Å²) < 4.78 is 5.64. The van der Waals surface area contributed by atoms with Gasteiger partial charge in [0.25, 0.3) is 0 Å². The van der Waals surface area contributed by atoms with Crippen LogP contribution in [0.3, 0.4) is 0 Å². The lowest BCUT2D eigenvalue weighted by molar-refractivity contribution is 0.0381. The van der Waals surface area contributed by atoms with Gasteiger partial charge in [-0.1, -0.05) is 6.92 Å². The molecule has 4 heteroatoms. The first-order chi connectivity index (χ1) is 8.20. The second kappa shape index (κ2) is 5.47. The summed E-state index contributed by atoms with van der Waals surface area (Å²) in [6.07, 6.45) is 2.63. The molecule has 0 aliphatic carbocycles. The summed E-state index contributed by atoms with van der Waals surface area (Å²) in [4.78, 5) is 6.60. The Morgan fingerprint density at radius 1 is 1.65 bits per heavy atom. The fourth-order valence-electron chi connectivity index (χ4n) is 2.04. The standard InChI is InChI=1S/C13H20N2O2/c1-3-12-9-15(6-7-17-12)13-8-11(10(2)16)4-5-14-13/h4-5,8,10,12,16H,3,6-7,9H2,1-2H3/t10-,12?/m1/s1. The number of aromatic nitrogens is 1. The summed E-state index contributed by atoms with van der Waals surface area (Å²) >= 11 is 0. The Bertz CT molecular complexity index is 368. The SMILES string of the molecule is CCC1CN(c2cc([C@@H](C)O)ccn2)CCO1. The summed E-state index contributed by atoms with van der Waals surface area (Å²) in [5.74, 6) is 0.935. The predicted molar refractivity (Wildman–Crippen MR) is 67.1 cm³/mol. The number of hydrogen-bond acceptors (Lipinski definition) is 4. The van der Waals surface area contributed by atoms with Gasteiger partial charge < -0.3 is 14.7 Å². The third kappa shape index (κ3) is 2.96. The molecule has 1 aromatic rings. The van der Waals surface area contributed by atoms with Gasteiger partial charge in [0.2, 0.25) is 0 Å². The second-order valence-electron chi connectivity index (χ2n) is 4.47. The van der Waals surface area contributed by atoms with Crippen molar-refractivity contribution in [2.75, 3.05) is 24.6 Å². The van der Waals surface area contributed by atoms with Crippen LogP contribution >= 0.6 is 0 Å². The minimum Gasteiger partial charge on any atom is -0.389 e. The summed E-state index contributed by atoms with van der Waals surface area (Å²) in [5, 5.41) is 9.57. The first-order valence-corrected chi connectivity index (χ1v) is 6.21. The molecule has 4 nitrogen and oxygen atoms in total. The lowest BCUT2D eigenvalue weighted by Gasteiger charge is -2.33. The molecule has 1 N–H and O–H groups in total. The molecule has 17 heavy (non-hydrogen) atoms. The number of ether oxygens (including phenoxy) is 1. The van der Waals surface area contributed by atoms with Crippen molar-refractivity contribution in [2.45, 2.75) is 32.5 Å². The van der Waals surface area contributed by atoms with E-state index < -0.39 is 6.10 Å². The van der Waals surface area contributed by atoms with E-state index in [0.29, 0.717) is 6.10 Å². The Morgan fingerprint density at radius 3 is 3.18 bits per heavy atom. The Balaban J connectivity index is 2.13. The number of aliphatic hydroxyl groups is 1. The minimum atomic E-state index is -0.445. The van der Waals surface area contributed by atoms with Crippen molar-refractivity contribution in [1.29, 1.82) is 0 Å². The van der Waals surface area contributed by atoms with Gasteiger partial charge in [-0.05, 0) is 31.0 Å². The van der Waals surface area contributed by atoms with Crippen LogP contribution in [0.5, 0.6) is 0 Å². The van der Waals surface area contributed by atoms with E-state index in [2.05, 4.69) is 16.8 Å². The molecule has 2 heterocycles. The van der Waals surface area contributed by atoms with Gasteiger partial charge in [0.1, 0.15) is 5.82 Å². The van der Waals surface area contributed by atoms with Crippen molar-refractivity contribution in [1.82, 2.24) is 4.98 Å². The number of anilines is 1. The third-order valence-electron chi connectivity index (χ3n) is 3.17. The van der Waals surface area contributed by atoms with E-state index in [1.54, 1.807) is 13.1 Å². The molecule has 1 unspecified atom stereocenters. The van der Waals surface area contributed by atoms with Gasteiger partial charge in [0.05, 0.1) is 18.8 Å². The van der Waals surface area contributed by atoms with Crippen LogP contribution in [-0.2, 0) is 4.74 Å². The lowest BCUT2D eigenvalue weighted by Crippen LogP contribution is -2.42. The average Bonchev–Trinajstić information content (AvgIpc) is 2.39. The molecular weight excluding hydrogens is 216 g/mol. The van der Waals surface area contributed by atoms with Gasteiger partial charge in [-0.15, -0.1) is 0 Å². The van der Waals surface area contributed by atoms with E-state index in [9.17, 15) is 5.11 Å². The van der Waals surface area contributed by atoms with Crippen LogP contribution in [0.4, 0.5) is 5.82 Å². The minimum absolute atomic E-state index is 0.292. The van der Waals surface area contributed by atoms with Crippen LogP contribution in [0, 0.1) is 0 Å². The Labute approximate surface area is 102 Å². The van der Waals surface area contributed by atoms with Crippen LogP contribution in [0.1, 0.15) is 31.9 Å². The zero-order valence-corrected chi connectivity index (χ0v) is 10.5. The number of aliphatic hydroxyl groups excluding tert-OH is 1. The van der Waals surface area contributed by atoms with E-state index in [1.165, 1.54) is 0 Å². The van der Waals surface area contributed by atoms with Gasteiger partial charge in [0, 0.05) is 19.3 Å². The van der Waals surface area contributed by atoms with Gasteiger partial charge in [-0.25, -0.2) is 4.98 Å². The molecule has 0 spiro atoms. The number of nitrogens with zero attached hydrogens (tertiary/aromatic N) is 2. The highest BCUT2D eigenvalue weighted by Gasteiger charge is 2.20. The van der Waals surface area contributed by atoms with Crippen molar-refractivity contribution in [3.63, 3.8) is 0 Å². The molecule has 1 saturated heterocycles. The number of hydrogen-bond donors (Lipinski definition) is 1. The van der Waals surface area contributed by atoms with Crippen molar-refractivity contribution in [3.8, 4) is 0 Å².